The van der Waals surface area contributed by atoms with Crippen molar-refractivity contribution >= 4 is 10.0 Å². The second kappa shape index (κ2) is 3.33. The predicted molar refractivity (Wildman–Crippen MR) is 52.2 cm³/mol. The molecule has 2 rings (SSSR count). The van der Waals surface area contributed by atoms with Gasteiger partial charge in [0, 0.05) is 25.5 Å². The normalized spacial score (nSPS) is 17.3. The third-order valence-corrected chi connectivity index (χ3v) is 4.27. The lowest BCUT2D eigenvalue weighted by Crippen LogP contribution is -2.28. The van der Waals surface area contributed by atoms with Crippen LogP contribution in [0.25, 0.3) is 0 Å². The van der Waals surface area contributed by atoms with Crippen LogP contribution in [-0.2, 0) is 10.0 Å². The fraction of sp³-hybridized carbons (Fsp3) is 0.444. The Morgan fingerprint density at radius 3 is 2.71 bits per heavy atom. The van der Waals surface area contributed by atoms with Gasteiger partial charge in [-0.1, -0.05) is 0 Å². The van der Waals surface area contributed by atoms with Crippen molar-refractivity contribution in [2.75, 3.05) is 7.05 Å². The van der Waals surface area contributed by atoms with Gasteiger partial charge < -0.3 is 0 Å². The highest BCUT2D eigenvalue weighted by Gasteiger charge is 2.34. The molecule has 0 radical (unpaired) electrons. The minimum absolute atomic E-state index is 0.195. The molecule has 1 aliphatic carbocycles. The molecule has 0 unspecified atom stereocenters. The van der Waals surface area contributed by atoms with Crippen LogP contribution in [0.3, 0.4) is 0 Å². The summed E-state index contributed by atoms with van der Waals surface area (Å²) in [5.41, 5.74) is 0. The Morgan fingerprint density at radius 1 is 1.50 bits per heavy atom. The molecule has 1 fully saturated rings. The largest absolute Gasteiger partial charge is 0.263 e. The molecule has 1 heterocycles. The third kappa shape index (κ3) is 1.65. The Kier molecular flexibility index (Phi) is 2.28. The lowest BCUT2D eigenvalue weighted by atomic mass is 10.5. The summed E-state index contributed by atoms with van der Waals surface area (Å²) in [6, 6.07) is 3.40. The van der Waals surface area contributed by atoms with Gasteiger partial charge in [0.15, 0.2) is 0 Å². The number of hydrogen-bond donors (Lipinski definition) is 0. The molecule has 0 aromatic carbocycles. The average molecular weight is 212 g/mol. The van der Waals surface area contributed by atoms with Crippen molar-refractivity contribution in [2.24, 2.45) is 0 Å². The zero-order valence-corrected chi connectivity index (χ0v) is 8.74. The first-order chi connectivity index (χ1) is 6.62. The zero-order chi connectivity index (χ0) is 10.2. The standard InChI is InChI=1S/C9H12N2O2S/c1-11(8-4-5-8)14(12,13)9-3-2-6-10-7-9/h2-3,6-8H,4-5H2,1H3. The van der Waals surface area contributed by atoms with E-state index in [0.717, 1.165) is 12.8 Å². The molecule has 1 aromatic rings. The Balaban J connectivity index is 2.32. The first kappa shape index (κ1) is 9.61. The molecule has 0 atom stereocenters. The first-order valence-corrected chi connectivity index (χ1v) is 5.94. The molecular weight excluding hydrogens is 200 g/mol. The maximum atomic E-state index is 11.9. The van der Waals surface area contributed by atoms with Crippen molar-refractivity contribution in [3.63, 3.8) is 0 Å². The summed E-state index contributed by atoms with van der Waals surface area (Å²) >= 11 is 0. The molecule has 5 heteroatoms. The molecule has 0 aliphatic heterocycles. The van der Waals surface area contributed by atoms with Gasteiger partial charge in [-0.3, -0.25) is 4.98 Å². The van der Waals surface area contributed by atoms with Gasteiger partial charge in [0.05, 0.1) is 0 Å². The number of sulfonamides is 1. The van der Waals surface area contributed by atoms with Crippen LogP contribution in [0.1, 0.15) is 12.8 Å². The molecule has 1 aromatic heterocycles. The number of hydrogen-bond acceptors (Lipinski definition) is 3. The summed E-state index contributed by atoms with van der Waals surface area (Å²) in [7, 11) is -1.68. The van der Waals surface area contributed by atoms with Crippen molar-refractivity contribution in [3.05, 3.63) is 24.5 Å². The van der Waals surface area contributed by atoms with Gasteiger partial charge in [0.2, 0.25) is 10.0 Å². The second-order valence-electron chi connectivity index (χ2n) is 3.44. The van der Waals surface area contributed by atoms with Crippen LogP contribution in [0.4, 0.5) is 0 Å². The van der Waals surface area contributed by atoms with E-state index in [9.17, 15) is 8.42 Å². The van der Waals surface area contributed by atoms with Crippen LogP contribution in [0.15, 0.2) is 29.4 Å². The van der Waals surface area contributed by atoms with Gasteiger partial charge in [-0.15, -0.1) is 0 Å². The monoisotopic (exact) mass is 212 g/mol. The number of rotatable bonds is 3. The van der Waals surface area contributed by atoms with E-state index in [0.29, 0.717) is 0 Å². The van der Waals surface area contributed by atoms with Crippen molar-refractivity contribution in [3.8, 4) is 0 Å². The fourth-order valence-corrected chi connectivity index (χ4v) is 2.68. The number of pyridine rings is 1. The molecule has 76 valence electrons. The molecule has 0 spiro atoms. The van der Waals surface area contributed by atoms with E-state index in [1.807, 2.05) is 0 Å². The van der Waals surface area contributed by atoms with Gasteiger partial charge in [-0.05, 0) is 25.0 Å². The van der Waals surface area contributed by atoms with E-state index in [4.69, 9.17) is 0 Å². The summed E-state index contributed by atoms with van der Waals surface area (Å²) in [5, 5.41) is 0. The topological polar surface area (TPSA) is 50.3 Å². The highest BCUT2D eigenvalue weighted by atomic mass is 32.2. The molecule has 0 saturated heterocycles. The Morgan fingerprint density at radius 2 is 2.21 bits per heavy atom. The number of aromatic nitrogens is 1. The quantitative estimate of drug-likeness (QED) is 0.746. The lowest BCUT2D eigenvalue weighted by Gasteiger charge is -2.15. The van der Waals surface area contributed by atoms with E-state index in [2.05, 4.69) is 4.98 Å². The summed E-state index contributed by atoms with van der Waals surface area (Å²) < 4.78 is 25.2. The predicted octanol–water partition coefficient (Wildman–Crippen LogP) is 0.864. The average Bonchev–Trinajstić information content (AvgIpc) is 3.01. The van der Waals surface area contributed by atoms with Gasteiger partial charge >= 0.3 is 0 Å². The van der Waals surface area contributed by atoms with Crippen LogP contribution in [-0.4, -0.2) is 30.8 Å². The second-order valence-corrected chi connectivity index (χ2v) is 5.44. The molecule has 1 aliphatic rings. The summed E-state index contributed by atoms with van der Waals surface area (Å²) in [6.07, 6.45) is 4.89. The highest BCUT2D eigenvalue weighted by Crippen LogP contribution is 2.29. The van der Waals surface area contributed by atoms with Crippen molar-refractivity contribution in [1.29, 1.82) is 0 Å². The summed E-state index contributed by atoms with van der Waals surface area (Å²) in [6.45, 7) is 0. The van der Waals surface area contributed by atoms with E-state index < -0.39 is 10.0 Å². The molecule has 4 nitrogen and oxygen atoms in total. The molecule has 0 bridgehead atoms. The maximum absolute atomic E-state index is 11.9. The third-order valence-electron chi connectivity index (χ3n) is 2.37. The fourth-order valence-electron chi connectivity index (χ4n) is 1.30. The smallest absolute Gasteiger partial charge is 0.244 e. The van der Waals surface area contributed by atoms with E-state index >= 15 is 0 Å². The van der Waals surface area contributed by atoms with Crippen LogP contribution in [0.2, 0.25) is 0 Å². The molecule has 0 N–H and O–H groups in total. The van der Waals surface area contributed by atoms with Crippen LogP contribution in [0, 0.1) is 0 Å². The summed E-state index contributed by atoms with van der Waals surface area (Å²) in [4.78, 5) is 4.08. The highest BCUT2D eigenvalue weighted by molar-refractivity contribution is 7.89. The Hall–Kier alpha value is -0.940. The van der Waals surface area contributed by atoms with Gasteiger partial charge in [-0.2, -0.15) is 4.31 Å². The van der Waals surface area contributed by atoms with Crippen molar-refractivity contribution < 1.29 is 8.42 Å². The zero-order valence-electron chi connectivity index (χ0n) is 7.92. The summed E-state index contributed by atoms with van der Waals surface area (Å²) in [5.74, 6) is 0. The van der Waals surface area contributed by atoms with Gasteiger partial charge in [0.1, 0.15) is 4.90 Å². The Bertz CT molecular complexity index is 412. The number of nitrogens with zero attached hydrogens (tertiary/aromatic N) is 2. The minimum Gasteiger partial charge on any atom is -0.263 e. The van der Waals surface area contributed by atoms with Crippen molar-refractivity contribution in [2.45, 2.75) is 23.8 Å². The van der Waals surface area contributed by atoms with Crippen LogP contribution in [0.5, 0.6) is 0 Å². The Labute approximate surface area is 83.6 Å². The molecular formula is C9H12N2O2S. The van der Waals surface area contributed by atoms with E-state index in [1.54, 1.807) is 25.4 Å². The van der Waals surface area contributed by atoms with E-state index in [1.165, 1.54) is 10.5 Å². The van der Waals surface area contributed by atoms with Crippen molar-refractivity contribution in [1.82, 2.24) is 9.29 Å². The van der Waals surface area contributed by atoms with Crippen LogP contribution < -0.4 is 0 Å². The molecule has 0 amide bonds. The molecule has 14 heavy (non-hydrogen) atoms. The van der Waals surface area contributed by atoms with Gasteiger partial charge in [0.25, 0.3) is 0 Å². The maximum Gasteiger partial charge on any atom is 0.244 e. The minimum atomic E-state index is -3.30. The lowest BCUT2D eigenvalue weighted by molar-refractivity contribution is 0.464. The SMILES string of the molecule is CN(C1CC1)S(=O)(=O)c1cccnc1. The van der Waals surface area contributed by atoms with Gasteiger partial charge in [-0.25, -0.2) is 8.42 Å². The van der Waals surface area contributed by atoms with E-state index in [-0.39, 0.29) is 10.9 Å². The van der Waals surface area contributed by atoms with Crippen LogP contribution >= 0.6 is 0 Å². The molecule has 1 saturated carbocycles. The first-order valence-electron chi connectivity index (χ1n) is 4.50.